The highest BCUT2D eigenvalue weighted by Crippen LogP contribution is 2.27. The van der Waals surface area contributed by atoms with Gasteiger partial charge in [0.15, 0.2) is 5.16 Å². The number of aromatic nitrogens is 2. The molecule has 0 saturated carbocycles. The third kappa shape index (κ3) is 3.90. The van der Waals surface area contributed by atoms with Crippen molar-refractivity contribution in [2.24, 2.45) is 0 Å². The number of nitrogens with zero attached hydrogens (tertiary/aromatic N) is 2. The van der Waals surface area contributed by atoms with Gasteiger partial charge in [-0.05, 0) is 50.6 Å². The Morgan fingerprint density at radius 1 is 1.19 bits per heavy atom. The van der Waals surface area contributed by atoms with Gasteiger partial charge in [-0.1, -0.05) is 36.0 Å². The van der Waals surface area contributed by atoms with E-state index in [9.17, 15) is 9.18 Å². The molecule has 136 valence electrons. The molecule has 0 aliphatic heterocycles. The van der Waals surface area contributed by atoms with E-state index in [0.29, 0.717) is 0 Å². The van der Waals surface area contributed by atoms with Crippen LogP contribution in [0.25, 0.3) is 11.0 Å². The number of carbonyl (C=O) groups excluding carboxylic acids is 1. The third-order valence-corrected chi connectivity index (χ3v) is 5.41. The second-order valence-corrected chi connectivity index (χ2v) is 7.48. The molecule has 1 N–H and O–H groups in total. The summed E-state index contributed by atoms with van der Waals surface area (Å²) in [6.45, 7) is 6.63. The maximum absolute atomic E-state index is 13.0. The number of nitrogens with one attached hydrogen (secondary N) is 1. The predicted octanol–water partition coefficient (Wildman–Crippen LogP) is 4.55. The van der Waals surface area contributed by atoms with Gasteiger partial charge in [0.25, 0.3) is 0 Å². The van der Waals surface area contributed by atoms with E-state index in [2.05, 4.69) is 21.8 Å². The number of rotatable bonds is 6. The molecule has 0 bridgehead atoms. The summed E-state index contributed by atoms with van der Waals surface area (Å²) >= 11 is 1.45. The molecule has 2 atom stereocenters. The van der Waals surface area contributed by atoms with Crippen molar-refractivity contribution in [1.29, 1.82) is 0 Å². The molecule has 3 aromatic rings. The van der Waals surface area contributed by atoms with Crippen molar-refractivity contribution in [1.82, 2.24) is 14.9 Å². The van der Waals surface area contributed by atoms with Crippen LogP contribution < -0.4 is 5.32 Å². The number of imidazole rings is 1. The molecule has 3 rings (SSSR count). The topological polar surface area (TPSA) is 46.9 Å². The third-order valence-electron chi connectivity index (χ3n) is 4.32. The summed E-state index contributed by atoms with van der Waals surface area (Å²) in [5.41, 5.74) is 2.88. The van der Waals surface area contributed by atoms with Crippen LogP contribution in [0.3, 0.4) is 0 Å². The highest BCUT2D eigenvalue weighted by Gasteiger charge is 2.20. The molecular weight excluding hydrogens is 349 g/mol. The lowest BCUT2D eigenvalue weighted by molar-refractivity contribution is -0.120. The van der Waals surface area contributed by atoms with Gasteiger partial charge in [-0.2, -0.15) is 0 Å². The molecule has 0 aliphatic carbocycles. The monoisotopic (exact) mass is 371 g/mol. The highest BCUT2D eigenvalue weighted by atomic mass is 32.2. The smallest absolute Gasteiger partial charge is 0.233 e. The van der Waals surface area contributed by atoms with Crippen molar-refractivity contribution in [2.75, 3.05) is 0 Å². The van der Waals surface area contributed by atoms with Crippen molar-refractivity contribution < 1.29 is 9.18 Å². The molecule has 0 radical (unpaired) electrons. The minimum Gasteiger partial charge on any atom is -0.349 e. The first-order chi connectivity index (χ1) is 12.5. The van der Waals surface area contributed by atoms with Crippen LogP contribution >= 0.6 is 11.8 Å². The van der Waals surface area contributed by atoms with E-state index in [-0.39, 0.29) is 23.0 Å². The lowest BCUT2D eigenvalue weighted by Crippen LogP contribution is -2.33. The van der Waals surface area contributed by atoms with Gasteiger partial charge in [-0.3, -0.25) is 4.79 Å². The average Bonchev–Trinajstić information content (AvgIpc) is 2.99. The van der Waals surface area contributed by atoms with Crippen molar-refractivity contribution in [3.63, 3.8) is 0 Å². The number of aryl methyl sites for hydroxylation is 1. The van der Waals surface area contributed by atoms with Crippen LogP contribution in [-0.2, 0) is 11.3 Å². The van der Waals surface area contributed by atoms with Crippen LogP contribution in [0.4, 0.5) is 4.39 Å². The zero-order chi connectivity index (χ0) is 18.7. The Labute approximate surface area is 156 Å². The number of benzene rings is 2. The molecular formula is C20H22FN3OS. The first-order valence-corrected chi connectivity index (χ1v) is 9.55. The number of para-hydroxylation sites is 2. The van der Waals surface area contributed by atoms with Gasteiger partial charge in [0.2, 0.25) is 5.91 Å². The van der Waals surface area contributed by atoms with Gasteiger partial charge >= 0.3 is 0 Å². The Hall–Kier alpha value is -2.34. The quantitative estimate of drug-likeness (QED) is 0.647. The molecule has 6 heteroatoms. The second-order valence-electron chi connectivity index (χ2n) is 6.17. The number of fused-ring (bicyclic) bond motifs is 1. The molecule has 1 aromatic heterocycles. The maximum atomic E-state index is 13.0. The zero-order valence-corrected chi connectivity index (χ0v) is 15.9. The molecule has 0 spiro atoms. The van der Waals surface area contributed by atoms with Gasteiger partial charge in [0.05, 0.1) is 22.3 Å². The van der Waals surface area contributed by atoms with Crippen LogP contribution in [0.1, 0.15) is 32.4 Å². The van der Waals surface area contributed by atoms with Crippen molar-refractivity contribution >= 4 is 28.7 Å². The first kappa shape index (κ1) is 18.5. The Kier molecular flexibility index (Phi) is 5.61. The van der Waals surface area contributed by atoms with Crippen molar-refractivity contribution in [2.45, 2.75) is 43.8 Å². The van der Waals surface area contributed by atoms with Crippen molar-refractivity contribution in [3.8, 4) is 0 Å². The zero-order valence-electron chi connectivity index (χ0n) is 15.1. The summed E-state index contributed by atoms with van der Waals surface area (Å²) < 4.78 is 15.2. The summed E-state index contributed by atoms with van der Waals surface area (Å²) in [6.07, 6.45) is 0. The Balaban J connectivity index is 1.70. The fourth-order valence-electron chi connectivity index (χ4n) is 2.83. The molecule has 0 fully saturated rings. The molecule has 26 heavy (non-hydrogen) atoms. The lowest BCUT2D eigenvalue weighted by atomic mass is 10.1. The van der Waals surface area contributed by atoms with Crippen molar-refractivity contribution in [3.05, 3.63) is 59.9 Å². The van der Waals surface area contributed by atoms with Crippen LogP contribution in [-0.4, -0.2) is 20.7 Å². The van der Waals surface area contributed by atoms with E-state index >= 15 is 0 Å². The summed E-state index contributed by atoms with van der Waals surface area (Å²) in [4.78, 5) is 17.2. The van der Waals surface area contributed by atoms with Crippen LogP contribution in [0.15, 0.2) is 53.7 Å². The normalized spacial score (nSPS) is 13.5. The standard InChI is InChI=1S/C20H22FN3OS/c1-4-24-18-8-6-5-7-17(18)23-20(24)26-14(3)19(25)22-13(2)15-9-11-16(21)12-10-15/h5-14H,4H2,1-3H3,(H,22,25)/t13-,14-/m1/s1. The number of hydrogen-bond acceptors (Lipinski definition) is 3. The SMILES string of the molecule is CCn1c(S[C@H](C)C(=O)N[C@H](C)c2ccc(F)cc2)nc2ccccc21. The number of hydrogen-bond donors (Lipinski definition) is 1. The molecule has 0 saturated heterocycles. The van der Waals surface area contributed by atoms with Gasteiger partial charge < -0.3 is 9.88 Å². The molecule has 1 heterocycles. The Bertz CT molecular complexity index is 907. The van der Waals surface area contributed by atoms with Crippen LogP contribution in [0.2, 0.25) is 0 Å². The summed E-state index contributed by atoms with van der Waals surface area (Å²) in [5.74, 6) is -0.351. The van der Waals surface area contributed by atoms with E-state index < -0.39 is 0 Å². The second kappa shape index (κ2) is 7.91. The van der Waals surface area contributed by atoms with E-state index in [1.165, 1.54) is 23.9 Å². The average molecular weight is 371 g/mol. The number of thioether (sulfide) groups is 1. The van der Waals surface area contributed by atoms with Crippen LogP contribution in [0, 0.1) is 5.82 Å². The van der Waals surface area contributed by atoms with Gasteiger partial charge in [0, 0.05) is 6.54 Å². The maximum Gasteiger partial charge on any atom is 0.233 e. The number of amides is 1. The van der Waals surface area contributed by atoms with Gasteiger partial charge in [-0.25, -0.2) is 9.37 Å². The molecule has 2 aromatic carbocycles. The first-order valence-electron chi connectivity index (χ1n) is 8.67. The lowest BCUT2D eigenvalue weighted by Gasteiger charge is -2.18. The number of halogens is 1. The Morgan fingerprint density at radius 3 is 2.58 bits per heavy atom. The fraction of sp³-hybridized carbons (Fsp3) is 0.300. The summed E-state index contributed by atoms with van der Waals surface area (Å²) in [5, 5.41) is 3.53. The minimum absolute atomic E-state index is 0.0680. The minimum atomic E-state index is -0.292. The van der Waals surface area contributed by atoms with Gasteiger partial charge in [0.1, 0.15) is 5.82 Å². The van der Waals surface area contributed by atoms with E-state index in [1.807, 2.05) is 38.1 Å². The fourth-order valence-corrected chi connectivity index (χ4v) is 3.82. The molecule has 1 amide bonds. The van der Waals surface area contributed by atoms with Crippen LogP contribution in [0.5, 0.6) is 0 Å². The molecule has 4 nitrogen and oxygen atoms in total. The van der Waals surface area contributed by atoms with Gasteiger partial charge in [-0.15, -0.1) is 0 Å². The molecule has 0 aliphatic rings. The number of carbonyl (C=O) groups is 1. The van der Waals surface area contributed by atoms with E-state index in [0.717, 1.165) is 28.3 Å². The predicted molar refractivity (Wildman–Crippen MR) is 104 cm³/mol. The largest absolute Gasteiger partial charge is 0.349 e. The van der Waals surface area contributed by atoms with E-state index in [4.69, 9.17) is 0 Å². The summed E-state index contributed by atoms with van der Waals surface area (Å²) in [7, 11) is 0. The Morgan fingerprint density at radius 2 is 1.88 bits per heavy atom. The summed E-state index contributed by atoms with van der Waals surface area (Å²) in [6, 6.07) is 14.0. The molecule has 0 unspecified atom stereocenters. The highest BCUT2D eigenvalue weighted by molar-refractivity contribution is 8.00. The van der Waals surface area contributed by atoms with E-state index in [1.54, 1.807) is 12.1 Å².